The second kappa shape index (κ2) is 15.9. The normalized spacial score (nSPS) is 15.7. The van der Waals surface area contributed by atoms with Crippen LogP contribution in [0.5, 0.6) is 0 Å². The number of piperidine rings is 1. The first-order valence-electron chi connectivity index (χ1n) is 11.3. The standard InChI is InChI=1S/C23H42N4O2.HI/c1-20(2)19-25-23(24-12-9-22-8-6-17-29-22)27-14-10-21(11-15-27)7-5-13-26(3)16-18-28-4;/h6,8,17,20-21H,5,7,9-16,18-19H2,1-4H3,(H,24,25);1H. The zero-order valence-corrected chi connectivity index (χ0v) is 21.8. The molecular formula is C23H43IN4O2. The number of aliphatic imine (C=N–C) groups is 1. The number of guanidine groups is 1. The predicted octanol–water partition coefficient (Wildman–Crippen LogP) is 4.11. The van der Waals surface area contributed by atoms with E-state index in [1.165, 1.54) is 32.2 Å². The van der Waals surface area contributed by atoms with Gasteiger partial charge in [-0.25, -0.2) is 0 Å². The summed E-state index contributed by atoms with van der Waals surface area (Å²) in [4.78, 5) is 9.71. The molecule has 1 aromatic heterocycles. The van der Waals surface area contributed by atoms with Crippen LogP contribution >= 0.6 is 24.0 Å². The first kappa shape index (κ1) is 27.2. The van der Waals surface area contributed by atoms with Crippen molar-refractivity contribution >= 4 is 29.9 Å². The van der Waals surface area contributed by atoms with Crippen LogP contribution in [0.15, 0.2) is 27.8 Å². The highest BCUT2D eigenvalue weighted by molar-refractivity contribution is 14.0. The number of ether oxygens (including phenoxy) is 1. The Bertz CT molecular complexity index is 558. The van der Waals surface area contributed by atoms with Gasteiger partial charge in [0.1, 0.15) is 5.76 Å². The van der Waals surface area contributed by atoms with Crippen molar-refractivity contribution in [1.82, 2.24) is 15.1 Å². The lowest BCUT2D eigenvalue weighted by molar-refractivity contribution is 0.158. The van der Waals surface area contributed by atoms with Gasteiger partial charge in [-0.3, -0.25) is 4.99 Å². The Morgan fingerprint density at radius 3 is 2.73 bits per heavy atom. The monoisotopic (exact) mass is 534 g/mol. The number of methoxy groups -OCH3 is 1. The van der Waals surface area contributed by atoms with Crippen LogP contribution in [-0.4, -0.2) is 75.8 Å². The third-order valence-electron chi connectivity index (χ3n) is 5.58. The molecule has 1 N–H and O–H groups in total. The van der Waals surface area contributed by atoms with Gasteiger partial charge in [0.2, 0.25) is 0 Å². The van der Waals surface area contributed by atoms with E-state index in [-0.39, 0.29) is 24.0 Å². The molecular weight excluding hydrogens is 491 g/mol. The van der Waals surface area contributed by atoms with Crippen molar-refractivity contribution in [2.24, 2.45) is 16.8 Å². The second-order valence-corrected chi connectivity index (χ2v) is 8.68. The van der Waals surface area contributed by atoms with E-state index in [0.717, 1.165) is 63.4 Å². The maximum absolute atomic E-state index is 5.45. The Balaban J connectivity index is 0.00000450. The summed E-state index contributed by atoms with van der Waals surface area (Å²) in [6.07, 6.45) is 7.77. The largest absolute Gasteiger partial charge is 0.469 e. The molecule has 1 aromatic rings. The number of nitrogens with zero attached hydrogens (tertiary/aromatic N) is 3. The van der Waals surface area contributed by atoms with E-state index in [0.29, 0.717) is 5.92 Å². The summed E-state index contributed by atoms with van der Waals surface area (Å²) >= 11 is 0. The zero-order chi connectivity index (χ0) is 20.9. The number of nitrogens with one attached hydrogen (secondary N) is 1. The summed E-state index contributed by atoms with van der Waals surface area (Å²) < 4.78 is 10.6. The van der Waals surface area contributed by atoms with E-state index in [1.807, 2.05) is 12.1 Å². The highest BCUT2D eigenvalue weighted by atomic mass is 127. The third kappa shape index (κ3) is 11.0. The SMILES string of the molecule is COCCN(C)CCCC1CCN(C(=NCC(C)C)NCCc2ccco2)CC1.I. The van der Waals surface area contributed by atoms with Gasteiger partial charge in [-0.15, -0.1) is 24.0 Å². The molecule has 1 aliphatic rings. The Kier molecular flexibility index (Phi) is 14.5. The van der Waals surface area contributed by atoms with Crippen LogP contribution in [0, 0.1) is 11.8 Å². The molecule has 2 rings (SSSR count). The number of likely N-dealkylation sites (N-methyl/N-ethyl adjacent to an activating group) is 1. The van der Waals surface area contributed by atoms with E-state index in [2.05, 4.69) is 36.0 Å². The molecule has 0 aromatic carbocycles. The number of rotatable bonds is 12. The van der Waals surface area contributed by atoms with Crippen molar-refractivity contribution in [3.63, 3.8) is 0 Å². The minimum atomic E-state index is 0. The van der Waals surface area contributed by atoms with Crippen molar-refractivity contribution in [3.05, 3.63) is 24.2 Å². The van der Waals surface area contributed by atoms with Crippen LogP contribution in [0.3, 0.4) is 0 Å². The summed E-state index contributed by atoms with van der Waals surface area (Å²) in [7, 11) is 3.96. The summed E-state index contributed by atoms with van der Waals surface area (Å²) in [5, 5.41) is 3.57. The fraction of sp³-hybridized carbons (Fsp3) is 0.783. The lowest BCUT2D eigenvalue weighted by Gasteiger charge is -2.34. The molecule has 1 fully saturated rings. The van der Waals surface area contributed by atoms with Gasteiger partial charge in [-0.2, -0.15) is 0 Å². The van der Waals surface area contributed by atoms with Crippen molar-refractivity contribution < 1.29 is 9.15 Å². The van der Waals surface area contributed by atoms with Gasteiger partial charge in [0.15, 0.2) is 5.96 Å². The number of halogens is 1. The van der Waals surface area contributed by atoms with Gasteiger partial charge in [0, 0.05) is 46.3 Å². The maximum Gasteiger partial charge on any atom is 0.193 e. The molecule has 0 aliphatic carbocycles. The summed E-state index contributed by atoms with van der Waals surface area (Å²) in [5.41, 5.74) is 0. The van der Waals surface area contributed by atoms with Gasteiger partial charge in [-0.1, -0.05) is 13.8 Å². The Hall–Kier alpha value is -0.800. The fourth-order valence-corrected chi connectivity index (χ4v) is 3.73. The van der Waals surface area contributed by atoms with Gasteiger partial charge >= 0.3 is 0 Å². The molecule has 0 saturated carbocycles. The number of furan rings is 1. The highest BCUT2D eigenvalue weighted by Gasteiger charge is 2.21. The Labute approximate surface area is 200 Å². The van der Waals surface area contributed by atoms with Crippen molar-refractivity contribution in [2.45, 2.75) is 46.0 Å². The van der Waals surface area contributed by atoms with E-state index >= 15 is 0 Å². The van der Waals surface area contributed by atoms with E-state index in [9.17, 15) is 0 Å². The number of hydrogen-bond donors (Lipinski definition) is 1. The molecule has 30 heavy (non-hydrogen) atoms. The maximum atomic E-state index is 5.45. The molecule has 6 nitrogen and oxygen atoms in total. The topological polar surface area (TPSA) is 53.2 Å². The average Bonchev–Trinajstić information content (AvgIpc) is 3.23. The highest BCUT2D eigenvalue weighted by Crippen LogP contribution is 2.22. The minimum absolute atomic E-state index is 0. The predicted molar refractivity (Wildman–Crippen MR) is 136 cm³/mol. The Morgan fingerprint density at radius 1 is 1.33 bits per heavy atom. The van der Waals surface area contributed by atoms with E-state index in [4.69, 9.17) is 14.1 Å². The molecule has 0 atom stereocenters. The van der Waals surface area contributed by atoms with Crippen LogP contribution in [0.4, 0.5) is 0 Å². The average molecular weight is 535 g/mol. The molecule has 0 spiro atoms. The van der Waals surface area contributed by atoms with Crippen molar-refractivity contribution in [1.29, 1.82) is 0 Å². The molecule has 174 valence electrons. The summed E-state index contributed by atoms with van der Waals surface area (Å²) in [5.74, 6) is 3.51. The van der Waals surface area contributed by atoms with Crippen LogP contribution in [0.25, 0.3) is 0 Å². The molecule has 2 heterocycles. The molecule has 0 bridgehead atoms. The van der Waals surface area contributed by atoms with Gasteiger partial charge < -0.3 is 24.3 Å². The molecule has 0 unspecified atom stereocenters. The quantitative estimate of drug-likeness (QED) is 0.249. The molecule has 1 aliphatic heterocycles. The van der Waals surface area contributed by atoms with Gasteiger partial charge in [0.25, 0.3) is 0 Å². The van der Waals surface area contributed by atoms with Crippen LogP contribution in [0.2, 0.25) is 0 Å². The van der Waals surface area contributed by atoms with Crippen LogP contribution in [0.1, 0.15) is 45.3 Å². The summed E-state index contributed by atoms with van der Waals surface area (Å²) in [6, 6.07) is 3.98. The summed E-state index contributed by atoms with van der Waals surface area (Å²) in [6.45, 7) is 11.4. The molecule has 1 saturated heterocycles. The first-order chi connectivity index (χ1) is 14.1. The number of hydrogen-bond acceptors (Lipinski definition) is 4. The fourth-order valence-electron chi connectivity index (χ4n) is 3.73. The molecule has 7 heteroatoms. The molecule has 0 amide bonds. The lowest BCUT2D eigenvalue weighted by atomic mass is 9.92. The third-order valence-corrected chi connectivity index (χ3v) is 5.58. The Morgan fingerprint density at radius 2 is 2.10 bits per heavy atom. The molecule has 0 radical (unpaired) electrons. The van der Waals surface area contributed by atoms with Crippen molar-refractivity contribution in [2.75, 3.05) is 60.0 Å². The minimum Gasteiger partial charge on any atom is -0.469 e. The van der Waals surface area contributed by atoms with Gasteiger partial charge in [-0.05, 0) is 63.2 Å². The van der Waals surface area contributed by atoms with Gasteiger partial charge in [0.05, 0.1) is 12.9 Å². The second-order valence-electron chi connectivity index (χ2n) is 8.68. The van der Waals surface area contributed by atoms with Crippen molar-refractivity contribution in [3.8, 4) is 0 Å². The van der Waals surface area contributed by atoms with E-state index in [1.54, 1.807) is 13.4 Å². The number of likely N-dealkylation sites (tertiary alicyclic amines) is 1. The lowest BCUT2D eigenvalue weighted by Crippen LogP contribution is -2.46. The van der Waals surface area contributed by atoms with Crippen LogP contribution in [-0.2, 0) is 11.2 Å². The van der Waals surface area contributed by atoms with Crippen LogP contribution < -0.4 is 5.32 Å². The first-order valence-corrected chi connectivity index (χ1v) is 11.3. The smallest absolute Gasteiger partial charge is 0.193 e. The van der Waals surface area contributed by atoms with E-state index < -0.39 is 0 Å². The zero-order valence-electron chi connectivity index (χ0n) is 19.4.